The standard InChI is InChI=1S/C25H31N3O2/c1-17(2)20-12-8-13-21(18(3)4)24(20)28-25(29)26-16-22(19-10-6-5-7-11-19)27-23-14-9-15-30-23/h5-15,17-18,22,27H,16H2,1-4H3,(H2,26,28,29). The van der Waals surface area contributed by atoms with Gasteiger partial charge in [-0.2, -0.15) is 0 Å². The number of benzene rings is 2. The molecule has 1 heterocycles. The van der Waals surface area contributed by atoms with E-state index in [-0.39, 0.29) is 12.1 Å². The molecular weight excluding hydrogens is 374 g/mol. The summed E-state index contributed by atoms with van der Waals surface area (Å²) >= 11 is 0. The third kappa shape index (κ3) is 5.44. The quantitative estimate of drug-likeness (QED) is 0.401. The van der Waals surface area contributed by atoms with Crippen LogP contribution < -0.4 is 16.0 Å². The minimum Gasteiger partial charge on any atom is -0.449 e. The zero-order valence-electron chi connectivity index (χ0n) is 18.1. The Morgan fingerprint density at radius 2 is 1.53 bits per heavy atom. The highest BCUT2D eigenvalue weighted by atomic mass is 16.3. The fourth-order valence-electron chi connectivity index (χ4n) is 3.52. The first-order valence-corrected chi connectivity index (χ1v) is 10.5. The van der Waals surface area contributed by atoms with E-state index in [4.69, 9.17) is 4.42 Å². The number of carbonyl (C=O) groups excluding carboxylic acids is 1. The van der Waals surface area contributed by atoms with Crippen LogP contribution in [0.2, 0.25) is 0 Å². The van der Waals surface area contributed by atoms with Gasteiger partial charge in [-0.25, -0.2) is 4.79 Å². The third-order valence-electron chi connectivity index (χ3n) is 5.12. The van der Waals surface area contributed by atoms with Crippen molar-refractivity contribution in [3.05, 3.63) is 83.6 Å². The summed E-state index contributed by atoms with van der Waals surface area (Å²) in [6.45, 7) is 8.97. The van der Waals surface area contributed by atoms with Crippen LogP contribution in [-0.4, -0.2) is 12.6 Å². The highest BCUT2D eigenvalue weighted by Crippen LogP contribution is 2.32. The van der Waals surface area contributed by atoms with E-state index >= 15 is 0 Å². The van der Waals surface area contributed by atoms with E-state index in [2.05, 4.69) is 61.8 Å². The molecule has 1 aromatic heterocycles. The number of furan rings is 1. The molecule has 0 fully saturated rings. The molecule has 3 N–H and O–H groups in total. The Morgan fingerprint density at radius 1 is 0.867 bits per heavy atom. The summed E-state index contributed by atoms with van der Waals surface area (Å²) in [7, 11) is 0. The summed E-state index contributed by atoms with van der Waals surface area (Å²) < 4.78 is 5.43. The van der Waals surface area contributed by atoms with Gasteiger partial charge in [0, 0.05) is 18.3 Å². The summed E-state index contributed by atoms with van der Waals surface area (Å²) in [5, 5.41) is 9.47. The molecule has 30 heavy (non-hydrogen) atoms. The molecule has 0 aliphatic heterocycles. The first-order valence-electron chi connectivity index (χ1n) is 10.5. The highest BCUT2D eigenvalue weighted by molar-refractivity contribution is 5.91. The lowest BCUT2D eigenvalue weighted by molar-refractivity contribution is 0.251. The summed E-state index contributed by atoms with van der Waals surface area (Å²) in [5.41, 5.74) is 4.27. The zero-order chi connectivity index (χ0) is 21.5. The number of rotatable bonds is 8. The average molecular weight is 406 g/mol. The molecule has 1 unspecified atom stereocenters. The van der Waals surface area contributed by atoms with E-state index in [1.165, 1.54) is 0 Å². The van der Waals surface area contributed by atoms with Crippen LogP contribution in [0.4, 0.5) is 16.4 Å². The lowest BCUT2D eigenvalue weighted by atomic mass is 9.93. The molecule has 1 atom stereocenters. The summed E-state index contributed by atoms with van der Waals surface area (Å²) in [6.07, 6.45) is 1.63. The van der Waals surface area contributed by atoms with Crippen molar-refractivity contribution in [1.82, 2.24) is 5.32 Å². The molecule has 0 saturated heterocycles. The van der Waals surface area contributed by atoms with Gasteiger partial charge in [0.25, 0.3) is 0 Å². The van der Waals surface area contributed by atoms with E-state index in [1.807, 2.05) is 42.5 Å². The largest absolute Gasteiger partial charge is 0.449 e. The van der Waals surface area contributed by atoms with Crippen molar-refractivity contribution in [3.8, 4) is 0 Å². The van der Waals surface area contributed by atoms with E-state index < -0.39 is 0 Å². The van der Waals surface area contributed by atoms with Crippen LogP contribution in [-0.2, 0) is 0 Å². The van der Waals surface area contributed by atoms with Gasteiger partial charge in [-0.3, -0.25) is 0 Å². The van der Waals surface area contributed by atoms with E-state index in [0.717, 1.165) is 22.4 Å². The molecule has 0 aliphatic carbocycles. The molecular formula is C25H31N3O2. The van der Waals surface area contributed by atoms with Crippen LogP contribution in [0.1, 0.15) is 62.3 Å². The van der Waals surface area contributed by atoms with Gasteiger partial charge in [-0.1, -0.05) is 76.2 Å². The monoisotopic (exact) mass is 405 g/mol. The Morgan fingerprint density at radius 3 is 2.10 bits per heavy atom. The number of urea groups is 1. The van der Waals surface area contributed by atoms with Gasteiger partial charge < -0.3 is 20.4 Å². The van der Waals surface area contributed by atoms with Gasteiger partial charge in [0.1, 0.15) is 0 Å². The van der Waals surface area contributed by atoms with E-state index in [9.17, 15) is 4.79 Å². The Kier molecular flexibility index (Phi) is 7.17. The molecule has 0 radical (unpaired) electrons. The lowest BCUT2D eigenvalue weighted by Gasteiger charge is -2.22. The number of carbonyl (C=O) groups is 1. The molecule has 0 bridgehead atoms. The van der Waals surface area contributed by atoms with Gasteiger partial charge in [-0.05, 0) is 34.6 Å². The van der Waals surface area contributed by atoms with Gasteiger partial charge >= 0.3 is 6.03 Å². The second-order valence-corrected chi connectivity index (χ2v) is 8.04. The Labute approximate surface area is 178 Å². The maximum atomic E-state index is 12.8. The molecule has 3 aromatic rings. The Balaban J connectivity index is 1.73. The number of anilines is 2. The number of hydrogen-bond acceptors (Lipinski definition) is 3. The van der Waals surface area contributed by atoms with Gasteiger partial charge in [0.2, 0.25) is 0 Å². The smallest absolute Gasteiger partial charge is 0.319 e. The minimum atomic E-state index is -0.216. The second-order valence-electron chi connectivity index (χ2n) is 8.04. The van der Waals surface area contributed by atoms with Crippen molar-refractivity contribution < 1.29 is 9.21 Å². The molecule has 5 nitrogen and oxygen atoms in total. The molecule has 158 valence electrons. The Hall–Kier alpha value is -3.21. The van der Waals surface area contributed by atoms with Crippen molar-refractivity contribution in [3.63, 3.8) is 0 Å². The SMILES string of the molecule is CC(C)c1cccc(C(C)C)c1NC(=O)NCC(Nc1ccco1)c1ccccc1. The highest BCUT2D eigenvalue weighted by Gasteiger charge is 2.18. The van der Waals surface area contributed by atoms with Crippen molar-refractivity contribution in [2.45, 2.75) is 45.6 Å². The van der Waals surface area contributed by atoms with Crippen LogP contribution in [0.15, 0.2) is 71.3 Å². The number of nitrogens with one attached hydrogen (secondary N) is 3. The average Bonchev–Trinajstić information content (AvgIpc) is 3.24. The molecule has 0 saturated carbocycles. The summed E-state index contributed by atoms with van der Waals surface area (Å²) in [6, 6.07) is 19.6. The van der Waals surface area contributed by atoms with Crippen molar-refractivity contribution in [2.24, 2.45) is 0 Å². The van der Waals surface area contributed by atoms with Crippen molar-refractivity contribution in [2.75, 3.05) is 17.2 Å². The summed E-state index contributed by atoms with van der Waals surface area (Å²) in [5.74, 6) is 1.30. The van der Waals surface area contributed by atoms with Gasteiger partial charge in [0.15, 0.2) is 5.88 Å². The van der Waals surface area contributed by atoms with E-state index in [1.54, 1.807) is 6.26 Å². The van der Waals surface area contributed by atoms with Crippen LogP contribution in [0.3, 0.4) is 0 Å². The maximum Gasteiger partial charge on any atom is 0.319 e. The second kappa shape index (κ2) is 10.0. The molecule has 2 amide bonds. The van der Waals surface area contributed by atoms with Crippen LogP contribution in [0.25, 0.3) is 0 Å². The molecule has 2 aromatic carbocycles. The zero-order valence-corrected chi connectivity index (χ0v) is 18.1. The van der Waals surface area contributed by atoms with E-state index in [0.29, 0.717) is 24.3 Å². The first-order chi connectivity index (χ1) is 14.5. The summed E-state index contributed by atoms with van der Waals surface area (Å²) in [4.78, 5) is 12.8. The molecule has 5 heteroatoms. The topological polar surface area (TPSA) is 66.3 Å². The Bertz CT molecular complexity index is 908. The molecule has 0 aliphatic rings. The van der Waals surface area contributed by atoms with Gasteiger partial charge in [0.05, 0.1) is 12.3 Å². The minimum absolute atomic E-state index is 0.118. The van der Waals surface area contributed by atoms with Crippen molar-refractivity contribution in [1.29, 1.82) is 0 Å². The first kappa shape index (κ1) is 21.5. The molecule has 3 rings (SSSR count). The third-order valence-corrected chi connectivity index (χ3v) is 5.12. The maximum absolute atomic E-state index is 12.8. The van der Waals surface area contributed by atoms with Gasteiger partial charge in [-0.15, -0.1) is 0 Å². The number of hydrogen-bond donors (Lipinski definition) is 3. The van der Waals surface area contributed by atoms with Crippen LogP contribution >= 0.6 is 0 Å². The number of para-hydroxylation sites is 1. The predicted molar refractivity (Wildman–Crippen MR) is 123 cm³/mol. The van der Waals surface area contributed by atoms with Crippen molar-refractivity contribution >= 4 is 17.6 Å². The fraction of sp³-hybridized carbons (Fsp3) is 0.320. The molecule has 0 spiro atoms. The van der Waals surface area contributed by atoms with Crippen LogP contribution in [0, 0.1) is 0 Å². The number of amides is 2. The normalized spacial score (nSPS) is 12.1. The fourth-order valence-corrected chi connectivity index (χ4v) is 3.52. The van der Waals surface area contributed by atoms with Crippen LogP contribution in [0.5, 0.6) is 0 Å². The lowest BCUT2D eigenvalue weighted by Crippen LogP contribution is -2.35. The predicted octanol–water partition coefficient (Wildman–Crippen LogP) is 6.50.